The van der Waals surface area contributed by atoms with Gasteiger partial charge in [-0.15, -0.1) is 0 Å². The van der Waals surface area contributed by atoms with Crippen LogP contribution in [-0.4, -0.2) is 16.9 Å². The maximum atomic E-state index is 11.2. The van der Waals surface area contributed by atoms with E-state index in [9.17, 15) is 9.59 Å². The molecule has 0 aromatic carbocycles. The van der Waals surface area contributed by atoms with E-state index in [0.717, 1.165) is 0 Å². The minimum absolute atomic E-state index is 0.0556. The topological polar surface area (TPSA) is 54.4 Å². The third-order valence-corrected chi connectivity index (χ3v) is 4.05. The Bertz CT molecular complexity index is 247. The zero-order chi connectivity index (χ0) is 9.15. The first kappa shape index (κ1) is 7.77. The Morgan fingerprint density at radius 1 is 1.33 bits per heavy atom. The minimum atomic E-state index is -0.724. The van der Waals surface area contributed by atoms with E-state index in [4.69, 9.17) is 5.11 Å². The number of carboxylic acids is 1. The highest BCUT2D eigenvalue weighted by molar-refractivity contribution is 5.93. The standard InChI is InChI=1S/C9H12O3/c1-5-8(6(2)10)3-9(5,4-8)7(11)12/h5H,3-4H2,1-2H3,(H,11,12). The molecule has 1 atom stereocenters. The third-order valence-electron chi connectivity index (χ3n) is 4.05. The average Bonchev–Trinajstić information content (AvgIpc) is 1.82. The first-order chi connectivity index (χ1) is 5.46. The summed E-state index contributed by atoms with van der Waals surface area (Å²) in [6.07, 6.45) is 1.15. The van der Waals surface area contributed by atoms with Crippen molar-refractivity contribution in [1.82, 2.24) is 0 Å². The lowest BCUT2D eigenvalue weighted by Gasteiger charge is -2.72. The van der Waals surface area contributed by atoms with Gasteiger partial charge in [0.1, 0.15) is 5.78 Å². The van der Waals surface area contributed by atoms with E-state index in [1.54, 1.807) is 6.92 Å². The molecule has 66 valence electrons. The summed E-state index contributed by atoms with van der Waals surface area (Å²) in [5.41, 5.74) is -0.788. The summed E-state index contributed by atoms with van der Waals surface area (Å²) in [7, 11) is 0. The van der Waals surface area contributed by atoms with Crippen LogP contribution in [0, 0.1) is 16.7 Å². The van der Waals surface area contributed by atoms with Crippen molar-refractivity contribution in [3.63, 3.8) is 0 Å². The smallest absolute Gasteiger partial charge is 0.310 e. The number of carbonyl (C=O) groups excluding carboxylic acids is 1. The van der Waals surface area contributed by atoms with Gasteiger partial charge in [0.15, 0.2) is 0 Å². The van der Waals surface area contributed by atoms with Crippen molar-refractivity contribution in [1.29, 1.82) is 0 Å². The Balaban J connectivity index is 2.21. The van der Waals surface area contributed by atoms with Gasteiger partial charge in [-0.05, 0) is 25.7 Å². The summed E-state index contributed by atoms with van der Waals surface area (Å²) in [5.74, 6) is -0.503. The molecule has 0 heterocycles. The van der Waals surface area contributed by atoms with Crippen molar-refractivity contribution in [2.45, 2.75) is 26.7 Å². The summed E-state index contributed by atoms with van der Waals surface area (Å²) in [6, 6.07) is 0. The molecule has 0 aliphatic heterocycles. The second-order valence-corrected chi connectivity index (χ2v) is 4.25. The molecule has 3 saturated carbocycles. The normalized spacial score (nSPS) is 49.0. The Kier molecular flexibility index (Phi) is 1.12. The van der Waals surface area contributed by atoms with Gasteiger partial charge in [0, 0.05) is 5.41 Å². The summed E-state index contributed by atoms with van der Waals surface area (Å²) in [6.45, 7) is 3.45. The van der Waals surface area contributed by atoms with Gasteiger partial charge in [-0.1, -0.05) is 6.92 Å². The lowest BCUT2D eigenvalue weighted by molar-refractivity contribution is -0.255. The van der Waals surface area contributed by atoms with Crippen LogP contribution in [-0.2, 0) is 9.59 Å². The molecule has 0 aromatic rings. The van der Waals surface area contributed by atoms with Crippen molar-refractivity contribution in [3.05, 3.63) is 0 Å². The van der Waals surface area contributed by atoms with Crippen molar-refractivity contribution in [3.8, 4) is 0 Å². The fourth-order valence-corrected chi connectivity index (χ4v) is 2.84. The SMILES string of the molecule is CC(=O)C12CC(C(=O)O)(C1)C2C. The van der Waals surface area contributed by atoms with Crippen LogP contribution < -0.4 is 0 Å². The molecule has 2 bridgehead atoms. The van der Waals surface area contributed by atoms with E-state index in [-0.39, 0.29) is 17.1 Å². The number of Topliss-reactive ketones (excluding diaryl/α,β-unsaturated/α-hetero) is 1. The Hall–Kier alpha value is -0.860. The van der Waals surface area contributed by atoms with E-state index in [1.807, 2.05) is 6.92 Å². The molecule has 3 aliphatic rings. The second kappa shape index (κ2) is 1.73. The number of rotatable bonds is 2. The van der Waals surface area contributed by atoms with Crippen LogP contribution in [0.15, 0.2) is 0 Å². The summed E-state index contributed by atoms with van der Waals surface area (Å²) in [4.78, 5) is 22.0. The lowest BCUT2D eigenvalue weighted by Crippen LogP contribution is -2.74. The summed E-state index contributed by atoms with van der Waals surface area (Å²) >= 11 is 0. The Morgan fingerprint density at radius 3 is 2.08 bits per heavy atom. The highest BCUT2D eigenvalue weighted by atomic mass is 16.4. The van der Waals surface area contributed by atoms with E-state index >= 15 is 0 Å². The molecule has 3 heteroatoms. The van der Waals surface area contributed by atoms with Gasteiger partial charge in [-0.2, -0.15) is 0 Å². The molecule has 0 spiro atoms. The Morgan fingerprint density at radius 2 is 1.83 bits per heavy atom. The van der Waals surface area contributed by atoms with Crippen molar-refractivity contribution < 1.29 is 14.7 Å². The monoisotopic (exact) mass is 168 g/mol. The van der Waals surface area contributed by atoms with Crippen molar-refractivity contribution >= 4 is 11.8 Å². The number of carbonyl (C=O) groups is 2. The van der Waals surface area contributed by atoms with Gasteiger partial charge in [-0.3, -0.25) is 9.59 Å². The van der Waals surface area contributed by atoms with E-state index in [0.29, 0.717) is 12.8 Å². The Labute approximate surface area is 70.8 Å². The molecule has 0 radical (unpaired) electrons. The van der Waals surface area contributed by atoms with Gasteiger partial charge in [0.05, 0.1) is 5.41 Å². The van der Waals surface area contributed by atoms with Gasteiger partial charge >= 0.3 is 5.97 Å². The van der Waals surface area contributed by atoms with Crippen LogP contribution >= 0.6 is 0 Å². The minimum Gasteiger partial charge on any atom is -0.481 e. The van der Waals surface area contributed by atoms with Gasteiger partial charge < -0.3 is 5.11 Å². The number of hydrogen-bond donors (Lipinski definition) is 1. The van der Waals surface area contributed by atoms with Crippen LogP contribution in [0.4, 0.5) is 0 Å². The first-order valence-electron chi connectivity index (χ1n) is 4.20. The van der Waals surface area contributed by atoms with Gasteiger partial charge in [-0.25, -0.2) is 0 Å². The number of carboxylic acid groups (broad SMARTS) is 1. The molecular formula is C9H12O3. The predicted octanol–water partition coefficient (Wildman–Crippen LogP) is 1.08. The molecule has 1 unspecified atom stereocenters. The number of aliphatic carboxylic acids is 1. The largest absolute Gasteiger partial charge is 0.481 e. The first-order valence-corrected chi connectivity index (χ1v) is 4.20. The third kappa shape index (κ3) is 0.490. The second-order valence-electron chi connectivity index (χ2n) is 4.25. The van der Waals surface area contributed by atoms with Gasteiger partial charge in [0.25, 0.3) is 0 Å². The molecule has 12 heavy (non-hydrogen) atoms. The summed E-state index contributed by atoms with van der Waals surface area (Å²) < 4.78 is 0. The number of hydrogen-bond acceptors (Lipinski definition) is 2. The molecule has 1 N–H and O–H groups in total. The fraction of sp³-hybridized carbons (Fsp3) is 0.778. The van der Waals surface area contributed by atoms with Crippen LogP contribution in [0.5, 0.6) is 0 Å². The highest BCUT2D eigenvalue weighted by Crippen LogP contribution is 2.77. The molecule has 0 aromatic heterocycles. The van der Waals surface area contributed by atoms with Crippen LogP contribution in [0.1, 0.15) is 26.7 Å². The van der Waals surface area contributed by atoms with Crippen LogP contribution in [0.2, 0.25) is 0 Å². The maximum Gasteiger partial charge on any atom is 0.310 e. The molecule has 3 rings (SSSR count). The van der Waals surface area contributed by atoms with Crippen LogP contribution in [0.3, 0.4) is 0 Å². The molecule has 0 saturated heterocycles. The fourth-order valence-electron chi connectivity index (χ4n) is 2.84. The van der Waals surface area contributed by atoms with Crippen molar-refractivity contribution in [2.24, 2.45) is 16.7 Å². The van der Waals surface area contributed by atoms with E-state index < -0.39 is 11.4 Å². The predicted molar refractivity (Wildman–Crippen MR) is 41.6 cm³/mol. The van der Waals surface area contributed by atoms with Gasteiger partial charge in [0.2, 0.25) is 0 Å². The maximum absolute atomic E-state index is 11.2. The highest BCUT2D eigenvalue weighted by Gasteiger charge is 2.79. The number of ketones is 1. The summed E-state index contributed by atoms with van der Waals surface area (Å²) in [5, 5.41) is 8.89. The molecule has 3 nitrogen and oxygen atoms in total. The zero-order valence-corrected chi connectivity index (χ0v) is 7.26. The lowest BCUT2D eigenvalue weighted by atomic mass is 9.28. The average molecular weight is 168 g/mol. The quantitative estimate of drug-likeness (QED) is 0.671. The molecular weight excluding hydrogens is 156 g/mol. The van der Waals surface area contributed by atoms with Crippen LogP contribution in [0.25, 0.3) is 0 Å². The van der Waals surface area contributed by atoms with E-state index in [1.165, 1.54) is 0 Å². The zero-order valence-electron chi connectivity index (χ0n) is 7.26. The van der Waals surface area contributed by atoms with Crippen molar-refractivity contribution in [2.75, 3.05) is 0 Å². The molecule has 3 fully saturated rings. The van der Waals surface area contributed by atoms with E-state index in [2.05, 4.69) is 0 Å². The molecule has 0 amide bonds. The molecule has 3 aliphatic carbocycles.